The van der Waals surface area contributed by atoms with E-state index in [2.05, 4.69) is 4.90 Å². The molecule has 2 aliphatic rings. The van der Waals surface area contributed by atoms with E-state index in [9.17, 15) is 14.4 Å². The molecule has 2 amide bonds. The summed E-state index contributed by atoms with van der Waals surface area (Å²) in [5.41, 5.74) is 0.516. The monoisotopic (exact) mass is 304 g/mol. The van der Waals surface area contributed by atoms with Gasteiger partial charge >= 0.3 is 5.97 Å². The molecule has 0 aromatic heterocycles. The predicted molar refractivity (Wildman–Crippen MR) is 74.9 cm³/mol. The van der Waals surface area contributed by atoms with Crippen molar-refractivity contribution < 1.29 is 24.0 Å². The van der Waals surface area contributed by atoms with Gasteiger partial charge in [0.15, 0.2) is 0 Å². The zero-order valence-electron chi connectivity index (χ0n) is 12.0. The summed E-state index contributed by atoms with van der Waals surface area (Å²) < 4.78 is 5.22. The molecular weight excluding hydrogens is 288 g/mol. The zero-order valence-corrected chi connectivity index (χ0v) is 12.0. The van der Waals surface area contributed by atoms with Crippen molar-refractivity contribution in [3.63, 3.8) is 0 Å². The van der Waals surface area contributed by atoms with Crippen LogP contribution in [0, 0.1) is 0 Å². The second-order valence-electron chi connectivity index (χ2n) is 5.12. The Labute approximate surface area is 127 Å². The lowest BCUT2D eigenvalue weighted by Crippen LogP contribution is -2.38. The molecule has 116 valence electrons. The van der Waals surface area contributed by atoms with Gasteiger partial charge in [-0.05, 0) is 12.1 Å². The molecule has 7 heteroatoms. The summed E-state index contributed by atoms with van der Waals surface area (Å²) >= 11 is 0. The van der Waals surface area contributed by atoms with Crippen molar-refractivity contribution in [1.29, 1.82) is 0 Å². The predicted octanol–water partition coefficient (Wildman–Crippen LogP) is 0.463. The number of morpholine rings is 1. The molecule has 1 fully saturated rings. The fourth-order valence-corrected chi connectivity index (χ4v) is 2.47. The van der Waals surface area contributed by atoms with Crippen LogP contribution in [0.2, 0.25) is 0 Å². The molecule has 0 N–H and O–H groups in total. The first-order chi connectivity index (χ1) is 10.7. The number of carbonyl (C=O) groups excluding carboxylic acids is 3. The maximum absolute atomic E-state index is 12.0. The molecule has 3 rings (SSSR count). The van der Waals surface area contributed by atoms with E-state index in [-0.39, 0.29) is 17.5 Å². The number of nitrogens with zero attached hydrogens (tertiary/aromatic N) is 2. The smallest absolute Gasteiger partial charge is 0.334 e. The molecule has 2 aliphatic heterocycles. The van der Waals surface area contributed by atoms with E-state index in [1.54, 1.807) is 12.1 Å². The lowest BCUT2D eigenvalue weighted by Gasteiger charge is -2.26. The zero-order chi connectivity index (χ0) is 15.5. The Kier molecular flexibility index (Phi) is 4.17. The van der Waals surface area contributed by atoms with Crippen LogP contribution in [0.1, 0.15) is 27.1 Å². The Morgan fingerprint density at radius 2 is 1.68 bits per heavy atom. The Bertz CT molecular complexity index is 575. The highest BCUT2D eigenvalue weighted by Crippen LogP contribution is 2.22. The van der Waals surface area contributed by atoms with Crippen LogP contribution in [-0.2, 0) is 14.4 Å². The highest BCUT2D eigenvalue weighted by molar-refractivity contribution is 6.20. The third-order valence-corrected chi connectivity index (χ3v) is 3.69. The van der Waals surface area contributed by atoms with Crippen LogP contribution < -0.4 is 0 Å². The van der Waals surface area contributed by atoms with Gasteiger partial charge in [-0.2, -0.15) is 0 Å². The second kappa shape index (κ2) is 6.25. The topological polar surface area (TPSA) is 76.2 Å². The maximum Gasteiger partial charge on any atom is 0.334 e. The number of rotatable bonds is 4. The summed E-state index contributed by atoms with van der Waals surface area (Å²) in [5, 5.41) is 0.548. The van der Waals surface area contributed by atoms with E-state index in [1.807, 2.05) is 0 Å². The molecule has 0 spiro atoms. The number of hydrogen-bond donors (Lipinski definition) is 0. The van der Waals surface area contributed by atoms with Crippen molar-refractivity contribution in [3.05, 3.63) is 35.4 Å². The SMILES string of the molecule is O=C(CCN1CCOCC1)ON1C(=O)c2ccccc2C1=O. The third kappa shape index (κ3) is 2.86. The Morgan fingerprint density at radius 1 is 1.09 bits per heavy atom. The first kappa shape index (κ1) is 14.7. The summed E-state index contributed by atoms with van der Waals surface area (Å²) in [5.74, 6) is -1.79. The van der Waals surface area contributed by atoms with Crippen molar-refractivity contribution >= 4 is 17.8 Å². The number of carbonyl (C=O) groups is 3. The maximum atomic E-state index is 12.0. The molecule has 1 aromatic carbocycles. The molecule has 1 saturated heterocycles. The first-order valence-corrected chi connectivity index (χ1v) is 7.15. The number of amides is 2. The summed E-state index contributed by atoms with van der Waals surface area (Å²) in [7, 11) is 0. The highest BCUT2D eigenvalue weighted by atomic mass is 16.7. The molecule has 2 heterocycles. The lowest BCUT2D eigenvalue weighted by molar-refractivity contribution is -0.169. The normalized spacial score (nSPS) is 18.5. The Hall–Kier alpha value is -2.25. The minimum absolute atomic E-state index is 0.118. The number of benzene rings is 1. The molecule has 0 radical (unpaired) electrons. The molecule has 0 bridgehead atoms. The van der Waals surface area contributed by atoms with Crippen molar-refractivity contribution in [2.75, 3.05) is 32.8 Å². The molecule has 22 heavy (non-hydrogen) atoms. The summed E-state index contributed by atoms with van der Waals surface area (Å²) in [6.45, 7) is 3.34. The highest BCUT2D eigenvalue weighted by Gasteiger charge is 2.38. The van der Waals surface area contributed by atoms with Crippen LogP contribution in [0.25, 0.3) is 0 Å². The van der Waals surface area contributed by atoms with Crippen LogP contribution >= 0.6 is 0 Å². The Balaban J connectivity index is 1.56. The molecule has 0 aliphatic carbocycles. The van der Waals surface area contributed by atoms with Crippen molar-refractivity contribution in [1.82, 2.24) is 9.96 Å². The second-order valence-corrected chi connectivity index (χ2v) is 5.12. The van der Waals surface area contributed by atoms with Gasteiger partial charge in [0, 0.05) is 19.6 Å². The average molecular weight is 304 g/mol. The van der Waals surface area contributed by atoms with Crippen LogP contribution in [0.5, 0.6) is 0 Å². The molecular formula is C15H16N2O5. The molecule has 0 atom stereocenters. The first-order valence-electron chi connectivity index (χ1n) is 7.15. The van der Waals surface area contributed by atoms with E-state index in [4.69, 9.17) is 9.57 Å². The van der Waals surface area contributed by atoms with Gasteiger partial charge in [0.25, 0.3) is 11.8 Å². The third-order valence-electron chi connectivity index (χ3n) is 3.69. The minimum Gasteiger partial charge on any atom is -0.379 e. The van der Waals surface area contributed by atoms with Gasteiger partial charge in [-0.15, -0.1) is 0 Å². The van der Waals surface area contributed by atoms with Crippen molar-refractivity contribution in [2.24, 2.45) is 0 Å². The fourth-order valence-electron chi connectivity index (χ4n) is 2.47. The number of fused-ring (bicyclic) bond motifs is 1. The molecule has 0 unspecified atom stereocenters. The molecule has 0 saturated carbocycles. The average Bonchev–Trinajstić information content (AvgIpc) is 2.79. The summed E-state index contributed by atoms with van der Waals surface area (Å²) in [6.07, 6.45) is 0.118. The van der Waals surface area contributed by atoms with Gasteiger partial charge < -0.3 is 9.57 Å². The Morgan fingerprint density at radius 3 is 2.27 bits per heavy atom. The fraction of sp³-hybridized carbons (Fsp3) is 0.400. The number of ether oxygens (including phenoxy) is 1. The summed E-state index contributed by atoms with van der Waals surface area (Å²) in [4.78, 5) is 43.0. The molecule has 1 aromatic rings. The van der Waals surface area contributed by atoms with Crippen LogP contribution in [0.3, 0.4) is 0 Å². The standard InChI is InChI=1S/C15H16N2O5/c18-13(5-6-16-7-9-21-10-8-16)22-17-14(19)11-3-1-2-4-12(11)15(17)20/h1-4H,5-10H2. The molecule has 7 nitrogen and oxygen atoms in total. The van der Waals surface area contributed by atoms with Gasteiger partial charge in [-0.1, -0.05) is 17.2 Å². The van der Waals surface area contributed by atoms with E-state index in [0.717, 1.165) is 13.1 Å². The van der Waals surface area contributed by atoms with E-state index in [0.29, 0.717) is 24.8 Å². The largest absolute Gasteiger partial charge is 0.379 e. The van der Waals surface area contributed by atoms with E-state index < -0.39 is 17.8 Å². The van der Waals surface area contributed by atoms with Crippen molar-refractivity contribution in [2.45, 2.75) is 6.42 Å². The van der Waals surface area contributed by atoms with Crippen LogP contribution in [0.4, 0.5) is 0 Å². The van der Waals surface area contributed by atoms with Crippen molar-refractivity contribution in [3.8, 4) is 0 Å². The van der Waals surface area contributed by atoms with Gasteiger partial charge in [0.05, 0.1) is 30.8 Å². The number of hydroxylamine groups is 2. The number of imide groups is 1. The van der Waals surface area contributed by atoms with E-state index >= 15 is 0 Å². The van der Waals surface area contributed by atoms with Crippen LogP contribution in [-0.4, -0.2) is 60.6 Å². The van der Waals surface area contributed by atoms with Gasteiger partial charge in [-0.3, -0.25) is 14.5 Å². The van der Waals surface area contributed by atoms with Gasteiger partial charge in [-0.25, -0.2) is 4.79 Å². The summed E-state index contributed by atoms with van der Waals surface area (Å²) in [6, 6.07) is 6.40. The lowest BCUT2D eigenvalue weighted by atomic mass is 10.1. The number of hydrogen-bond acceptors (Lipinski definition) is 6. The van der Waals surface area contributed by atoms with E-state index in [1.165, 1.54) is 12.1 Å². The quantitative estimate of drug-likeness (QED) is 0.752. The van der Waals surface area contributed by atoms with Gasteiger partial charge in [0.1, 0.15) is 0 Å². The van der Waals surface area contributed by atoms with Gasteiger partial charge in [0.2, 0.25) is 0 Å². The van der Waals surface area contributed by atoms with Crippen LogP contribution in [0.15, 0.2) is 24.3 Å². The minimum atomic E-state index is -0.597.